The molecule has 0 heterocycles. The molecule has 1 rings (SSSR count). The zero-order chi connectivity index (χ0) is 12.2. The van der Waals surface area contributed by atoms with E-state index in [1.54, 1.807) is 0 Å². The molecule has 0 saturated heterocycles. The lowest BCUT2D eigenvalue weighted by Crippen LogP contribution is -2.24. The van der Waals surface area contributed by atoms with Gasteiger partial charge in [0, 0.05) is 17.4 Å². The Balaban J connectivity index is 2.91. The summed E-state index contributed by atoms with van der Waals surface area (Å²) in [7, 11) is -3.51. The maximum absolute atomic E-state index is 11.7. The molecule has 16 heavy (non-hydrogen) atoms. The molecule has 0 spiro atoms. The van der Waals surface area contributed by atoms with E-state index in [-0.39, 0.29) is 11.4 Å². The van der Waals surface area contributed by atoms with Gasteiger partial charge >= 0.3 is 0 Å². The van der Waals surface area contributed by atoms with Crippen LogP contribution in [0.1, 0.15) is 6.42 Å². The highest BCUT2D eigenvalue weighted by atomic mass is 79.9. The Hall–Kier alpha value is -0.540. The van der Waals surface area contributed by atoms with Gasteiger partial charge in [0.1, 0.15) is 0 Å². The van der Waals surface area contributed by atoms with Crippen LogP contribution >= 0.6 is 27.5 Å². The molecule has 0 aliphatic carbocycles. The SMILES string of the molecule is C#CCCNS(=O)(=O)c1ccc(Cl)c(Br)c1. The first kappa shape index (κ1) is 13.5. The molecule has 1 aromatic carbocycles. The van der Waals surface area contributed by atoms with E-state index in [2.05, 4.69) is 26.6 Å². The molecule has 0 unspecified atom stereocenters. The molecule has 0 fully saturated rings. The fraction of sp³-hybridized carbons (Fsp3) is 0.200. The van der Waals surface area contributed by atoms with Crippen LogP contribution in [0.25, 0.3) is 0 Å². The lowest BCUT2D eigenvalue weighted by Gasteiger charge is -2.06. The highest BCUT2D eigenvalue weighted by Crippen LogP contribution is 2.25. The summed E-state index contributed by atoms with van der Waals surface area (Å²) in [6.45, 7) is 0.221. The van der Waals surface area contributed by atoms with Gasteiger partial charge in [-0.05, 0) is 34.1 Å². The van der Waals surface area contributed by atoms with Crippen molar-refractivity contribution in [3.05, 3.63) is 27.7 Å². The minimum Gasteiger partial charge on any atom is -0.210 e. The van der Waals surface area contributed by atoms with E-state index in [0.717, 1.165) is 0 Å². The van der Waals surface area contributed by atoms with Crippen LogP contribution in [-0.4, -0.2) is 15.0 Å². The van der Waals surface area contributed by atoms with Crippen LogP contribution in [0.15, 0.2) is 27.6 Å². The van der Waals surface area contributed by atoms with Crippen LogP contribution in [-0.2, 0) is 10.0 Å². The monoisotopic (exact) mass is 321 g/mol. The van der Waals surface area contributed by atoms with Gasteiger partial charge in [-0.15, -0.1) is 12.3 Å². The number of hydrogen-bond donors (Lipinski definition) is 1. The minimum absolute atomic E-state index is 0.154. The van der Waals surface area contributed by atoms with E-state index >= 15 is 0 Å². The normalized spacial score (nSPS) is 11.1. The highest BCUT2D eigenvalue weighted by molar-refractivity contribution is 9.10. The molecule has 0 aromatic heterocycles. The van der Waals surface area contributed by atoms with Crippen LogP contribution in [0.3, 0.4) is 0 Å². The molecule has 0 saturated carbocycles. The van der Waals surface area contributed by atoms with Gasteiger partial charge in [-0.1, -0.05) is 11.6 Å². The molecule has 0 amide bonds. The first-order valence-corrected chi connectivity index (χ1v) is 7.01. The molecule has 0 atom stereocenters. The van der Waals surface area contributed by atoms with E-state index in [4.69, 9.17) is 18.0 Å². The standard InChI is InChI=1S/C10H9BrClNO2S/c1-2-3-6-13-16(14,15)8-4-5-10(12)9(11)7-8/h1,4-5,7,13H,3,6H2. The summed E-state index contributed by atoms with van der Waals surface area (Å²) in [5.74, 6) is 2.35. The second-order valence-electron chi connectivity index (χ2n) is 2.93. The molecule has 3 nitrogen and oxygen atoms in total. The summed E-state index contributed by atoms with van der Waals surface area (Å²) in [4.78, 5) is 0.154. The number of hydrogen-bond acceptors (Lipinski definition) is 2. The van der Waals surface area contributed by atoms with E-state index < -0.39 is 10.0 Å². The van der Waals surface area contributed by atoms with Crippen LogP contribution < -0.4 is 4.72 Å². The van der Waals surface area contributed by atoms with Gasteiger partial charge in [0.25, 0.3) is 0 Å². The molecule has 6 heteroatoms. The zero-order valence-electron chi connectivity index (χ0n) is 8.20. The van der Waals surface area contributed by atoms with Crippen molar-refractivity contribution in [3.8, 4) is 12.3 Å². The van der Waals surface area contributed by atoms with Gasteiger partial charge in [0.2, 0.25) is 10.0 Å². The van der Waals surface area contributed by atoms with Gasteiger partial charge < -0.3 is 0 Å². The Morgan fingerprint density at radius 1 is 1.50 bits per heavy atom. The number of benzene rings is 1. The molecular weight excluding hydrogens is 314 g/mol. The maximum atomic E-state index is 11.7. The summed E-state index contributed by atoms with van der Waals surface area (Å²) in [5, 5.41) is 0.461. The Labute approximate surface area is 108 Å². The second kappa shape index (κ2) is 5.69. The Bertz CT molecular complexity index is 522. The minimum atomic E-state index is -3.51. The molecule has 0 aliphatic rings. The molecular formula is C10H9BrClNO2S. The first-order chi connectivity index (χ1) is 7.47. The first-order valence-electron chi connectivity index (χ1n) is 4.35. The lowest BCUT2D eigenvalue weighted by atomic mass is 10.4. The number of sulfonamides is 1. The largest absolute Gasteiger partial charge is 0.240 e. The third-order valence-electron chi connectivity index (χ3n) is 1.76. The summed E-state index contributed by atoms with van der Waals surface area (Å²) >= 11 is 8.93. The Morgan fingerprint density at radius 3 is 2.75 bits per heavy atom. The van der Waals surface area contributed by atoms with Crippen LogP contribution in [0.4, 0.5) is 0 Å². The van der Waals surface area contributed by atoms with Crippen molar-refractivity contribution in [2.75, 3.05) is 6.54 Å². The van der Waals surface area contributed by atoms with Gasteiger partial charge in [0.15, 0.2) is 0 Å². The average Bonchev–Trinajstić information content (AvgIpc) is 2.22. The van der Waals surface area contributed by atoms with Crippen LogP contribution in [0, 0.1) is 12.3 Å². The fourth-order valence-corrected chi connectivity index (χ4v) is 2.69. The van der Waals surface area contributed by atoms with Crippen molar-refractivity contribution in [2.24, 2.45) is 0 Å². The Kier molecular flexibility index (Phi) is 4.81. The van der Waals surface area contributed by atoms with Crippen molar-refractivity contribution in [2.45, 2.75) is 11.3 Å². The third kappa shape index (κ3) is 3.49. The number of terminal acetylenes is 1. The summed E-state index contributed by atoms with van der Waals surface area (Å²) in [6.07, 6.45) is 5.39. The topological polar surface area (TPSA) is 46.2 Å². The predicted molar refractivity (Wildman–Crippen MR) is 67.8 cm³/mol. The number of halogens is 2. The number of rotatable bonds is 4. The van der Waals surface area contributed by atoms with E-state index in [1.807, 2.05) is 0 Å². The third-order valence-corrected chi connectivity index (χ3v) is 4.44. The smallest absolute Gasteiger partial charge is 0.210 e. The predicted octanol–water partition coefficient (Wildman–Crippen LogP) is 2.40. The van der Waals surface area contributed by atoms with Gasteiger partial charge in [-0.3, -0.25) is 0 Å². The van der Waals surface area contributed by atoms with Crippen molar-refractivity contribution in [3.63, 3.8) is 0 Å². The van der Waals surface area contributed by atoms with E-state index in [1.165, 1.54) is 18.2 Å². The summed E-state index contributed by atoms with van der Waals surface area (Å²) in [5.41, 5.74) is 0. The van der Waals surface area contributed by atoms with Crippen molar-refractivity contribution < 1.29 is 8.42 Å². The quantitative estimate of drug-likeness (QED) is 0.683. The highest BCUT2D eigenvalue weighted by Gasteiger charge is 2.14. The molecule has 1 aromatic rings. The van der Waals surface area contributed by atoms with Crippen molar-refractivity contribution in [1.29, 1.82) is 0 Å². The molecule has 0 radical (unpaired) electrons. The van der Waals surface area contributed by atoms with Gasteiger partial charge in [-0.2, -0.15) is 0 Å². The average molecular weight is 323 g/mol. The van der Waals surface area contributed by atoms with Crippen molar-refractivity contribution >= 4 is 37.6 Å². The molecule has 0 bridgehead atoms. The van der Waals surface area contributed by atoms with E-state index in [0.29, 0.717) is 15.9 Å². The molecule has 86 valence electrons. The Morgan fingerprint density at radius 2 is 2.19 bits per heavy atom. The fourth-order valence-electron chi connectivity index (χ4n) is 0.985. The van der Waals surface area contributed by atoms with Crippen LogP contribution in [0.2, 0.25) is 5.02 Å². The van der Waals surface area contributed by atoms with Gasteiger partial charge in [0.05, 0.1) is 9.92 Å². The summed E-state index contributed by atoms with van der Waals surface area (Å²) < 4.78 is 26.4. The number of nitrogens with one attached hydrogen (secondary N) is 1. The maximum Gasteiger partial charge on any atom is 0.240 e. The molecule has 0 aliphatic heterocycles. The van der Waals surface area contributed by atoms with Gasteiger partial charge in [-0.25, -0.2) is 13.1 Å². The molecule has 1 N–H and O–H groups in total. The van der Waals surface area contributed by atoms with E-state index in [9.17, 15) is 8.42 Å². The zero-order valence-corrected chi connectivity index (χ0v) is 11.4. The second-order valence-corrected chi connectivity index (χ2v) is 5.96. The van der Waals surface area contributed by atoms with Crippen LogP contribution in [0.5, 0.6) is 0 Å². The van der Waals surface area contributed by atoms with Crippen molar-refractivity contribution in [1.82, 2.24) is 4.72 Å². The summed E-state index contributed by atoms with van der Waals surface area (Å²) in [6, 6.07) is 4.40. The lowest BCUT2D eigenvalue weighted by molar-refractivity contribution is 0.582.